The second-order valence-corrected chi connectivity index (χ2v) is 5.51. The highest BCUT2D eigenvalue weighted by Gasteiger charge is 2.15. The molecule has 0 saturated carbocycles. The molecule has 0 fully saturated rings. The predicted molar refractivity (Wildman–Crippen MR) is 86.5 cm³/mol. The van der Waals surface area contributed by atoms with E-state index >= 15 is 0 Å². The molecule has 0 aliphatic rings. The van der Waals surface area contributed by atoms with Gasteiger partial charge in [0.05, 0.1) is 18.8 Å². The Labute approximate surface area is 127 Å². The largest absolute Gasteiger partial charge is 0.495 e. The highest BCUT2D eigenvalue weighted by atomic mass is 16.5. The van der Waals surface area contributed by atoms with Crippen molar-refractivity contribution in [3.8, 4) is 5.75 Å². The summed E-state index contributed by atoms with van der Waals surface area (Å²) < 4.78 is 5.30. The third-order valence-electron chi connectivity index (χ3n) is 3.23. The van der Waals surface area contributed by atoms with Gasteiger partial charge in [-0.05, 0) is 38.2 Å². The lowest BCUT2D eigenvalue weighted by Crippen LogP contribution is -2.35. The van der Waals surface area contributed by atoms with Crippen LogP contribution in [0.5, 0.6) is 5.75 Å². The Morgan fingerprint density at radius 3 is 2.71 bits per heavy atom. The van der Waals surface area contributed by atoms with Crippen LogP contribution in [0.1, 0.15) is 31.7 Å². The molecule has 0 unspecified atom stereocenters. The summed E-state index contributed by atoms with van der Waals surface area (Å²) in [5.41, 5.74) is 7.68. The quantitative estimate of drug-likeness (QED) is 0.771. The number of hydrogen-bond donors (Lipinski definition) is 2. The Morgan fingerprint density at radius 2 is 2.14 bits per heavy atom. The van der Waals surface area contributed by atoms with Crippen LogP contribution in [0, 0.1) is 0 Å². The molecule has 1 rings (SSSR count). The molecule has 1 amide bonds. The van der Waals surface area contributed by atoms with Gasteiger partial charge >= 0.3 is 0 Å². The van der Waals surface area contributed by atoms with Crippen molar-refractivity contribution in [1.29, 1.82) is 0 Å². The molecule has 0 heterocycles. The van der Waals surface area contributed by atoms with Gasteiger partial charge in [0.2, 0.25) is 5.91 Å². The number of hydrogen-bond acceptors (Lipinski definition) is 4. The van der Waals surface area contributed by atoms with Gasteiger partial charge in [-0.25, -0.2) is 0 Å². The predicted octanol–water partition coefficient (Wildman–Crippen LogP) is 2.21. The first kappa shape index (κ1) is 17.5. The van der Waals surface area contributed by atoms with Crippen LogP contribution in [0.2, 0.25) is 0 Å². The average Bonchev–Trinajstić information content (AvgIpc) is 2.44. The second-order valence-electron chi connectivity index (χ2n) is 5.51. The number of ether oxygens (including phenoxy) is 1. The van der Waals surface area contributed by atoms with Crippen LogP contribution < -0.4 is 15.8 Å². The number of carbonyl (C=O) groups is 1. The molecular formula is C16H27N3O2. The molecule has 0 saturated heterocycles. The normalized spacial score (nSPS) is 12.3. The van der Waals surface area contributed by atoms with Crippen LogP contribution in [-0.2, 0) is 11.3 Å². The zero-order valence-corrected chi connectivity index (χ0v) is 13.5. The lowest BCUT2D eigenvalue weighted by Gasteiger charge is -2.16. The zero-order valence-electron chi connectivity index (χ0n) is 13.5. The molecule has 5 heteroatoms. The number of benzene rings is 1. The molecule has 118 valence electrons. The van der Waals surface area contributed by atoms with Crippen LogP contribution >= 0.6 is 0 Å². The van der Waals surface area contributed by atoms with Crippen LogP contribution in [0.4, 0.5) is 5.69 Å². The number of nitrogens with zero attached hydrogens (tertiary/aromatic N) is 1. The third-order valence-corrected chi connectivity index (χ3v) is 3.23. The van der Waals surface area contributed by atoms with Gasteiger partial charge in [0.1, 0.15) is 5.75 Å². The molecule has 3 N–H and O–H groups in total. The number of anilines is 1. The van der Waals surface area contributed by atoms with E-state index in [1.807, 2.05) is 32.3 Å². The molecule has 0 bridgehead atoms. The van der Waals surface area contributed by atoms with Gasteiger partial charge in [-0.1, -0.05) is 25.8 Å². The van der Waals surface area contributed by atoms with Crippen LogP contribution in [0.15, 0.2) is 18.2 Å². The lowest BCUT2D eigenvalue weighted by molar-refractivity contribution is -0.117. The van der Waals surface area contributed by atoms with Gasteiger partial charge in [-0.3, -0.25) is 4.79 Å². The Bertz CT molecular complexity index is 461. The first-order valence-corrected chi connectivity index (χ1v) is 7.36. The van der Waals surface area contributed by atoms with Gasteiger partial charge in [-0.2, -0.15) is 0 Å². The van der Waals surface area contributed by atoms with Gasteiger partial charge in [-0.15, -0.1) is 0 Å². The maximum Gasteiger partial charge on any atom is 0.241 e. The van der Waals surface area contributed by atoms with E-state index in [2.05, 4.69) is 17.1 Å². The van der Waals surface area contributed by atoms with E-state index < -0.39 is 6.04 Å². The van der Waals surface area contributed by atoms with Crippen molar-refractivity contribution < 1.29 is 9.53 Å². The second kappa shape index (κ2) is 8.64. The number of unbranched alkanes of at least 4 members (excludes halogenated alkanes) is 1. The summed E-state index contributed by atoms with van der Waals surface area (Å²) in [6, 6.07) is 5.31. The molecule has 0 aliphatic heterocycles. The van der Waals surface area contributed by atoms with E-state index in [1.54, 1.807) is 7.11 Å². The molecule has 1 atom stereocenters. The fourth-order valence-electron chi connectivity index (χ4n) is 2.10. The van der Waals surface area contributed by atoms with Crippen molar-refractivity contribution in [2.24, 2.45) is 5.73 Å². The van der Waals surface area contributed by atoms with Gasteiger partial charge in [0.25, 0.3) is 0 Å². The van der Waals surface area contributed by atoms with Gasteiger partial charge < -0.3 is 20.7 Å². The highest BCUT2D eigenvalue weighted by molar-refractivity contribution is 5.96. The van der Waals surface area contributed by atoms with Crippen molar-refractivity contribution in [2.45, 2.75) is 38.8 Å². The Balaban J connectivity index is 2.81. The number of methoxy groups -OCH3 is 1. The zero-order chi connectivity index (χ0) is 15.8. The van der Waals surface area contributed by atoms with E-state index in [0.29, 0.717) is 17.9 Å². The summed E-state index contributed by atoms with van der Waals surface area (Å²) in [6.45, 7) is 2.88. The van der Waals surface area contributed by atoms with Crippen LogP contribution in [0.3, 0.4) is 0 Å². The van der Waals surface area contributed by atoms with Gasteiger partial charge in [0.15, 0.2) is 0 Å². The molecule has 0 radical (unpaired) electrons. The van der Waals surface area contributed by atoms with Crippen molar-refractivity contribution in [3.63, 3.8) is 0 Å². The van der Waals surface area contributed by atoms with E-state index in [0.717, 1.165) is 24.9 Å². The molecule has 0 aliphatic carbocycles. The van der Waals surface area contributed by atoms with E-state index in [1.165, 1.54) is 0 Å². The van der Waals surface area contributed by atoms with Crippen molar-refractivity contribution >= 4 is 11.6 Å². The summed E-state index contributed by atoms with van der Waals surface area (Å²) in [6.07, 6.45) is 2.68. The van der Waals surface area contributed by atoms with E-state index in [4.69, 9.17) is 10.5 Å². The van der Waals surface area contributed by atoms with Gasteiger partial charge in [0, 0.05) is 6.54 Å². The first-order valence-electron chi connectivity index (χ1n) is 7.36. The highest BCUT2D eigenvalue weighted by Crippen LogP contribution is 2.26. The summed E-state index contributed by atoms with van der Waals surface area (Å²) >= 11 is 0. The van der Waals surface area contributed by atoms with Crippen molar-refractivity contribution in [1.82, 2.24) is 4.90 Å². The number of rotatable bonds is 8. The molecule has 0 aromatic heterocycles. The van der Waals surface area contributed by atoms with E-state index in [9.17, 15) is 4.79 Å². The molecule has 5 nitrogen and oxygen atoms in total. The van der Waals surface area contributed by atoms with Crippen molar-refractivity contribution in [3.05, 3.63) is 23.8 Å². The van der Waals surface area contributed by atoms with Crippen LogP contribution in [-0.4, -0.2) is 38.1 Å². The summed E-state index contributed by atoms with van der Waals surface area (Å²) in [5, 5.41) is 2.88. The Hall–Kier alpha value is -1.59. The fraction of sp³-hybridized carbons (Fsp3) is 0.562. The van der Waals surface area contributed by atoms with Crippen molar-refractivity contribution in [2.75, 3.05) is 26.5 Å². The molecule has 1 aromatic rings. The minimum atomic E-state index is -0.479. The molecule has 0 spiro atoms. The number of amides is 1. The maximum atomic E-state index is 12.1. The minimum absolute atomic E-state index is 0.163. The smallest absolute Gasteiger partial charge is 0.241 e. The van der Waals surface area contributed by atoms with E-state index in [-0.39, 0.29) is 5.91 Å². The van der Waals surface area contributed by atoms with Crippen LogP contribution in [0.25, 0.3) is 0 Å². The number of carbonyl (C=O) groups excluding carboxylic acids is 1. The molecular weight excluding hydrogens is 266 g/mol. The lowest BCUT2D eigenvalue weighted by atomic mass is 10.1. The Kier molecular flexibility index (Phi) is 7.19. The summed E-state index contributed by atoms with van der Waals surface area (Å²) in [5.74, 6) is 0.484. The average molecular weight is 293 g/mol. The topological polar surface area (TPSA) is 67.6 Å². The maximum absolute atomic E-state index is 12.1. The standard InChI is InChI=1S/C16H27N3O2/c1-5-6-7-13(17)16(20)18-14-10-12(11-19(2)3)8-9-15(14)21-4/h8-10,13H,5-7,11,17H2,1-4H3,(H,18,20)/t13-/m0/s1. The fourth-order valence-corrected chi connectivity index (χ4v) is 2.10. The minimum Gasteiger partial charge on any atom is -0.495 e. The third kappa shape index (κ3) is 5.73. The first-order chi connectivity index (χ1) is 9.97. The number of nitrogens with one attached hydrogen (secondary N) is 1. The molecule has 1 aromatic carbocycles. The monoisotopic (exact) mass is 293 g/mol. The summed E-state index contributed by atoms with van der Waals surface area (Å²) in [4.78, 5) is 14.2. The molecule has 21 heavy (non-hydrogen) atoms. The summed E-state index contributed by atoms with van der Waals surface area (Å²) in [7, 11) is 5.60. The SMILES string of the molecule is CCCC[C@H](N)C(=O)Nc1cc(CN(C)C)ccc1OC. The number of nitrogens with two attached hydrogens (primary N) is 1. The Morgan fingerprint density at radius 1 is 1.43 bits per heavy atom.